The molecule has 0 saturated carbocycles. The minimum atomic E-state index is -1.18. The van der Waals surface area contributed by atoms with E-state index >= 15 is 4.39 Å². The van der Waals surface area contributed by atoms with Gasteiger partial charge in [0.2, 0.25) is 5.91 Å². The first kappa shape index (κ1) is 22.3. The van der Waals surface area contributed by atoms with Gasteiger partial charge >= 0.3 is 0 Å². The summed E-state index contributed by atoms with van der Waals surface area (Å²) in [5.41, 5.74) is 1.95. The molecule has 0 bridgehead atoms. The van der Waals surface area contributed by atoms with Gasteiger partial charge in [0.1, 0.15) is 24.1 Å². The van der Waals surface area contributed by atoms with Crippen LogP contribution in [-0.2, 0) is 19.9 Å². The van der Waals surface area contributed by atoms with Crippen LogP contribution in [0, 0.1) is 0 Å². The van der Waals surface area contributed by atoms with E-state index < -0.39 is 24.1 Å². The average molecular weight is 459 g/mol. The number of ether oxygens (including phenoxy) is 2. The molecule has 3 atom stereocenters. The third-order valence-electron chi connectivity index (χ3n) is 6.39. The molecule has 34 heavy (non-hydrogen) atoms. The molecule has 1 fully saturated rings. The molecule has 1 saturated heterocycles. The molecule has 5 rings (SSSR count). The van der Waals surface area contributed by atoms with Crippen molar-refractivity contribution >= 4 is 5.91 Å². The van der Waals surface area contributed by atoms with E-state index in [1.807, 2.05) is 91.0 Å². The van der Waals surface area contributed by atoms with Crippen molar-refractivity contribution in [1.29, 1.82) is 0 Å². The minimum Gasteiger partial charge on any atom is -0.358 e. The summed E-state index contributed by atoms with van der Waals surface area (Å²) in [7, 11) is 0. The van der Waals surface area contributed by atoms with Crippen molar-refractivity contribution in [1.82, 2.24) is 10.2 Å². The van der Waals surface area contributed by atoms with Crippen LogP contribution in [-0.4, -0.2) is 42.6 Å². The van der Waals surface area contributed by atoms with E-state index in [0.717, 1.165) is 16.7 Å². The van der Waals surface area contributed by atoms with Gasteiger partial charge in [-0.2, -0.15) is 0 Å². The standard InChI is InChI=1S/C28H27FN2O3/c29-24-18-27(31-17-16-26(32)30-20-31)34-25(24)19-33-28(21-10-4-1-5-11-21,22-12-6-2-7-13-22)23-14-8-3-9-15-23/h1-17,24-25,27H,18-20H2,(H,30,32). The number of alkyl halides is 1. The van der Waals surface area contributed by atoms with E-state index in [-0.39, 0.29) is 18.9 Å². The van der Waals surface area contributed by atoms with Gasteiger partial charge in [0.05, 0.1) is 13.3 Å². The van der Waals surface area contributed by atoms with Gasteiger partial charge in [-0.25, -0.2) is 4.39 Å². The summed E-state index contributed by atoms with van der Waals surface area (Å²) < 4.78 is 27.9. The Morgan fingerprint density at radius 1 is 0.912 bits per heavy atom. The Bertz CT molecular complexity index is 1030. The Balaban J connectivity index is 1.46. The molecule has 174 valence electrons. The van der Waals surface area contributed by atoms with Crippen LogP contribution in [0.25, 0.3) is 0 Å². The smallest absolute Gasteiger partial charge is 0.246 e. The molecule has 3 aromatic rings. The highest BCUT2D eigenvalue weighted by Crippen LogP contribution is 2.41. The zero-order valence-corrected chi connectivity index (χ0v) is 18.7. The highest BCUT2D eigenvalue weighted by molar-refractivity contribution is 5.87. The number of hydrogen-bond acceptors (Lipinski definition) is 4. The maximum absolute atomic E-state index is 15.1. The summed E-state index contributed by atoms with van der Waals surface area (Å²) in [6.45, 7) is 0.364. The summed E-state index contributed by atoms with van der Waals surface area (Å²) in [6.07, 6.45) is 0.919. The number of carbonyl (C=O) groups is 1. The predicted octanol–water partition coefficient (Wildman–Crippen LogP) is 4.35. The minimum absolute atomic E-state index is 0.0697. The summed E-state index contributed by atoms with van der Waals surface area (Å²) in [5.74, 6) is -0.163. The molecule has 5 nitrogen and oxygen atoms in total. The number of carbonyl (C=O) groups excluding carboxylic acids is 1. The van der Waals surface area contributed by atoms with E-state index in [4.69, 9.17) is 9.47 Å². The van der Waals surface area contributed by atoms with Crippen LogP contribution in [0.3, 0.4) is 0 Å². The summed E-state index contributed by atoms with van der Waals surface area (Å²) in [5, 5.41) is 2.73. The second kappa shape index (κ2) is 9.79. The SMILES string of the molecule is O=C1C=CN(C2CC(F)C(COC(c3ccccc3)(c3ccccc3)c3ccccc3)O2)CN1. The summed E-state index contributed by atoms with van der Waals surface area (Å²) in [4.78, 5) is 13.2. The Labute approximate surface area is 198 Å². The molecule has 2 aliphatic rings. The second-order valence-electron chi connectivity index (χ2n) is 8.50. The van der Waals surface area contributed by atoms with Crippen LogP contribution < -0.4 is 5.32 Å². The van der Waals surface area contributed by atoms with E-state index in [2.05, 4.69) is 5.32 Å². The van der Waals surface area contributed by atoms with Crippen LogP contribution in [0.1, 0.15) is 23.1 Å². The molecular weight excluding hydrogens is 431 g/mol. The van der Waals surface area contributed by atoms with Crippen molar-refractivity contribution in [3.63, 3.8) is 0 Å². The number of halogens is 1. The maximum atomic E-state index is 15.1. The molecule has 0 radical (unpaired) electrons. The number of hydrogen-bond donors (Lipinski definition) is 1. The van der Waals surface area contributed by atoms with Gasteiger partial charge in [0.15, 0.2) is 0 Å². The highest BCUT2D eigenvalue weighted by atomic mass is 19.1. The van der Waals surface area contributed by atoms with Gasteiger partial charge in [-0.3, -0.25) is 4.79 Å². The number of amides is 1. The number of rotatable bonds is 7. The molecule has 3 unspecified atom stereocenters. The van der Waals surface area contributed by atoms with E-state index in [1.165, 1.54) is 6.08 Å². The summed E-state index contributed by atoms with van der Waals surface area (Å²) in [6, 6.07) is 30.0. The fraction of sp³-hybridized carbons (Fsp3) is 0.250. The molecule has 1 N–H and O–H groups in total. The van der Waals surface area contributed by atoms with Crippen molar-refractivity contribution in [2.24, 2.45) is 0 Å². The van der Waals surface area contributed by atoms with E-state index in [0.29, 0.717) is 6.67 Å². The molecule has 1 amide bonds. The van der Waals surface area contributed by atoms with Gasteiger partial charge in [-0.05, 0) is 16.7 Å². The van der Waals surface area contributed by atoms with Gasteiger partial charge in [-0.15, -0.1) is 0 Å². The van der Waals surface area contributed by atoms with Gasteiger partial charge < -0.3 is 19.7 Å². The lowest BCUT2D eigenvalue weighted by Crippen LogP contribution is -2.43. The zero-order valence-electron chi connectivity index (χ0n) is 18.7. The fourth-order valence-corrected chi connectivity index (χ4v) is 4.66. The van der Waals surface area contributed by atoms with Crippen molar-refractivity contribution in [2.75, 3.05) is 13.3 Å². The van der Waals surface area contributed by atoms with E-state index in [1.54, 1.807) is 11.1 Å². The first-order valence-corrected chi connectivity index (χ1v) is 11.5. The summed E-state index contributed by atoms with van der Waals surface area (Å²) >= 11 is 0. The fourth-order valence-electron chi connectivity index (χ4n) is 4.66. The first-order chi connectivity index (χ1) is 16.7. The number of nitrogens with one attached hydrogen (secondary N) is 1. The highest BCUT2D eigenvalue weighted by Gasteiger charge is 2.43. The molecule has 0 aliphatic carbocycles. The Morgan fingerprint density at radius 3 is 1.91 bits per heavy atom. The van der Waals surface area contributed by atoms with Crippen LogP contribution in [0.5, 0.6) is 0 Å². The number of nitrogens with zero attached hydrogens (tertiary/aromatic N) is 1. The van der Waals surface area contributed by atoms with E-state index in [9.17, 15) is 4.79 Å². The second-order valence-corrected chi connectivity index (χ2v) is 8.50. The molecule has 2 heterocycles. The topological polar surface area (TPSA) is 50.8 Å². The zero-order chi connectivity index (χ0) is 23.4. The van der Waals surface area contributed by atoms with Gasteiger partial charge in [0, 0.05) is 18.7 Å². The quantitative estimate of drug-likeness (QED) is 0.535. The van der Waals surface area contributed by atoms with Gasteiger partial charge in [-0.1, -0.05) is 91.0 Å². The lowest BCUT2D eigenvalue weighted by atomic mass is 9.80. The third-order valence-corrected chi connectivity index (χ3v) is 6.39. The van der Waals surface area contributed by atoms with Crippen LogP contribution in [0.2, 0.25) is 0 Å². The predicted molar refractivity (Wildman–Crippen MR) is 127 cm³/mol. The van der Waals surface area contributed by atoms with Crippen molar-refractivity contribution in [2.45, 2.75) is 30.5 Å². The molecule has 0 aromatic heterocycles. The van der Waals surface area contributed by atoms with Crippen molar-refractivity contribution < 1.29 is 18.7 Å². The van der Waals surface area contributed by atoms with Crippen molar-refractivity contribution in [3.8, 4) is 0 Å². The van der Waals surface area contributed by atoms with Crippen LogP contribution in [0.15, 0.2) is 103 Å². The Hall–Kier alpha value is -3.48. The molecule has 0 spiro atoms. The molecule has 2 aliphatic heterocycles. The largest absolute Gasteiger partial charge is 0.358 e. The third kappa shape index (κ3) is 4.34. The van der Waals surface area contributed by atoms with Crippen molar-refractivity contribution in [3.05, 3.63) is 120 Å². The first-order valence-electron chi connectivity index (χ1n) is 11.5. The molecule has 3 aromatic carbocycles. The normalized spacial score (nSPS) is 22.6. The monoisotopic (exact) mass is 458 g/mol. The number of benzene rings is 3. The lowest BCUT2D eigenvalue weighted by molar-refractivity contribution is -0.121. The Kier molecular flexibility index (Phi) is 6.43. The van der Waals surface area contributed by atoms with Crippen LogP contribution >= 0.6 is 0 Å². The lowest BCUT2D eigenvalue weighted by Gasteiger charge is -2.37. The van der Waals surface area contributed by atoms with Gasteiger partial charge in [0.25, 0.3) is 0 Å². The Morgan fingerprint density at radius 2 is 1.44 bits per heavy atom. The molecule has 6 heteroatoms. The average Bonchev–Trinajstić information content (AvgIpc) is 3.27. The van der Waals surface area contributed by atoms with Crippen LogP contribution in [0.4, 0.5) is 4.39 Å². The maximum Gasteiger partial charge on any atom is 0.246 e. The molecular formula is C28H27FN2O3.